The maximum atomic E-state index is 12.9. The molecular weight excluding hydrogens is 360 g/mol. The number of hydrogen-bond acceptors (Lipinski definition) is 5. The van der Waals surface area contributed by atoms with Crippen LogP contribution >= 0.6 is 0 Å². The third-order valence-electron chi connectivity index (χ3n) is 4.99. The van der Waals surface area contributed by atoms with Crippen LogP contribution in [0.1, 0.15) is 42.5 Å². The van der Waals surface area contributed by atoms with Gasteiger partial charge in [-0.25, -0.2) is 17.9 Å². The van der Waals surface area contributed by atoms with Crippen LogP contribution in [0.3, 0.4) is 0 Å². The third kappa shape index (κ3) is 3.54. The maximum Gasteiger partial charge on any atom is 0.329 e. The monoisotopic (exact) mass is 384 g/mol. The summed E-state index contributed by atoms with van der Waals surface area (Å²) in [4.78, 5) is 25.9. The molecule has 1 aromatic carbocycles. The van der Waals surface area contributed by atoms with E-state index in [-0.39, 0.29) is 16.2 Å². The molecular formula is C17H24N2O6S. The van der Waals surface area contributed by atoms with Gasteiger partial charge in [0.1, 0.15) is 16.2 Å². The largest absolute Gasteiger partial charge is 0.495 e. The van der Waals surface area contributed by atoms with Gasteiger partial charge in [-0.1, -0.05) is 19.3 Å². The molecule has 0 spiro atoms. The number of rotatable bonds is 6. The van der Waals surface area contributed by atoms with Crippen LogP contribution in [-0.2, 0) is 14.8 Å². The van der Waals surface area contributed by atoms with Crippen LogP contribution in [0.4, 0.5) is 0 Å². The summed E-state index contributed by atoms with van der Waals surface area (Å²) in [6.07, 6.45) is 3.15. The standard InChI is InChI=1S/C17H24N2O6S/c1-18-26(23,24)14-11-12(7-8-13(14)25-3)15(20)19(2)17(16(21)22)9-5-4-6-10-17/h7-8,11,18H,4-6,9-10H2,1-3H3,(H,21,22). The molecule has 8 nitrogen and oxygen atoms in total. The minimum atomic E-state index is -3.84. The Morgan fingerprint density at radius 1 is 1.23 bits per heavy atom. The van der Waals surface area contributed by atoms with E-state index in [2.05, 4.69) is 4.72 Å². The number of methoxy groups -OCH3 is 1. The molecule has 9 heteroatoms. The van der Waals surface area contributed by atoms with Gasteiger partial charge in [-0.15, -0.1) is 0 Å². The van der Waals surface area contributed by atoms with E-state index in [0.29, 0.717) is 12.8 Å². The summed E-state index contributed by atoms with van der Waals surface area (Å²) in [6.45, 7) is 0. The molecule has 0 heterocycles. The second kappa shape index (κ2) is 7.63. The summed E-state index contributed by atoms with van der Waals surface area (Å²) >= 11 is 0. The molecule has 1 amide bonds. The van der Waals surface area contributed by atoms with Gasteiger partial charge in [0.05, 0.1) is 7.11 Å². The van der Waals surface area contributed by atoms with E-state index in [9.17, 15) is 23.1 Å². The lowest BCUT2D eigenvalue weighted by Gasteiger charge is -2.41. The van der Waals surface area contributed by atoms with Crippen molar-refractivity contribution in [3.05, 3.63) is 23.8 Å². The molecule has 1 aliphatic rings. The van der Waals surface area contributed by atoms with Crippen LogP contribution in [-0.4, -0.2) is 57.0 Å². The van der Waals surface area contributed by atoms with Gasteiger partial charge in [-0.3, -0.25) is 4.79 Å². The minimum Gasteiger partial charge on any atom is -0.495 e. The number of carboxylic acid groups (broad SMARTS) is 1. The highest BCUT2D eigenvalue weighted by molar-refractivity contribution is 7.89. The number of carbonyl (C=O) groups excluding carboxylic acids is 1. The Hall–Kier alpha value is -2.13. The third-order valence-corrected chi connectivity index (χ3v) is 6.43. The van der Waals surface area contributed by atoms with E-state index >= 15 is 0 Å². The summed E-state index contributed by atoms with van der Waals surface area (Å²) in [6, 6.07) is 4.03. The number of nitrogens with zero attached hydrogens (tertiary/aromatic N) is 1. The molecule has 0 unspecified atom stereocenters. The normalized spacial score (nSPS) is 16.7. The van der Waals surface area contributed by atoms with Crippen molar-refractivity contribution >= 4 is 21.9 Å². The average Bonchev–Trinajstić information content (AvgIpc) is 2.66. The quantitative estimate of drug-likeness (QED) is 0.768. The highest BCUT2D eigenvalue weighted by Gasteiger charge is 2.45. The number of benzene rings is 1. The van der Waals surface area contributed by atoms with Gasteiger partial charge in [-0.2, -0.15) is 0 Å². The smallest absolute Gasteiger partial charge is 0.329 e. The van der Waals surface area contributed by atoms with Crippen molar-refractivity contribution in [1.29, 1.82) is 0 Å². The van der Waals surface area contributed by atoms with E-state index in [4.69, 9.17) is 4.74 Å². The maximum absolute atomic E-state index is 12.9. The van der Waals surface area contributed by atoms with E-state index < -0.39 is 27.4 Å². The SMILES string of the molecule is CNS(=O)(=O)c1cc(C(=O)N(C)C2(C(=O)O)CCCCC2)ccc1OC. The van der Waals surface area contributed by atoms with Crippen molar-refractivity contribution in [3.8, 4) is 5.75 Å². The van der Waals surface area contributed by atoms with Gasteiger partial charge in [0, 0.05) is 12.6 Å². The van der Waals surface area contributed by atoms with Crippen molar-refractivity contribution < 1.29 is 27.9 Å². The number of sulfonamides is 1. The van der Waals surface area contributed by atoms with Crippen LogP contribution in [0.2, 0.25) is 0 Å². The molecule has 1 aliphatic carbocycles. The Labute approximate surface area is 153 Å². The van der Waals surface area contributed by atoms with Crippen LogP contribution < -0.4 is 9.46 Å². The fraction of sp³-hybridized carbons (Fsp3) is 0.529. The second-order valence-electron chi connectivity index (χ2n) is 6.33. The first-order valence-electron chi connectivity index (χ1n) is 8.33. The lowest BCUT2D eigenvalue weighted by Crippen LogP contribution is -2.56. The fourth-order valence-corrected chi connectivity index (χ4v) is 4.27. The van der Waals surface area contributed by atoms with Gasteiger partial charge >= 0.3 is 5.97 Å². The molecule has 0 aliphatic heterocycles. The molecule has 0 aromatic heterocycles. The van der Waals surface area contributed by atoms with E-state index in [1.807, 2.05) is 0 Å². The minimum absolute atomic E-state index is 0.0910. The number of hydrogen-bond donors (Lipinski definition) is 2. The molecule has 1 saturated carbocycles. The van der Waals surface area contributed by atoms with Crippen LogP contribution in [0.25, 0.3) is 0 Å². The molecule has 144 valence electrons. The summed E-state index contributed by atoms with van der Waals surface area (Å²) in [7, 11) is 0.209. The molecule has 2 rings (SSSR count). The lowest BCUT2D eigenvalue weighted by molar-refractivity contribution is -0.151. The number of likely N-dealkylation sites (N-methyl/N-ethyl adjacent to an activating group) is 1. The van der Waals surface area contributed by atoms with Crippen molar-refractivity contribution in [2.75, 3.05) is 21.2 Å². The van der Waals surface area contributed by atoms with Crippen molar-refractivity contribution in [2.45, 2.75) is 42.5 Å². The second-order valence-corrected chi connectivity index (χ2v) is 8.19. The van der Waals surface area contributed by atoms with Crippen LogP contribution in [0.5, 0.6) is 5.75 Å². The van der Waals surface area contributed by atoms with E-state index in [1.54, 1.807) is 0 Å². The number of amides is 1. The highest BCUT2D eigenvalue weighted by atomic mass is 32.2. The topological polar surface area (TPSA) is 113 Å². The number of aliphatic carboxylic acids is 1. The zero-order valence-corrected chi connectivity index (χ0v) is 15.9. The van der Waals surface area contributed by atoms with Crippen molar-refractivity contribution in [1.82, 2.24) is 9.62 Å². The molecule has 2 N–H and O–H groups in total. The molecule has 0 atom stereocenters. The van der Waals surface area contributed by atoms with Gasteiger partial charge in [0.25, 0.3) is 5.91 Å². The Kier molecular flexibility index (Phi) is 5.92. The van der Waals surface area contributed by atoms with E-state index in [1.165, 1.54) is 44.3 Å². The molecule has 26 heavy (non-hydrogen) atoms. The molecule has 0 saturated heterocycles. The van der Waals surface area contributed by atoms with Crippen LogP contribution in [0.15, 0.2) is 23.1 Å². The predicted octanol–water partition coefficient (Wildman–Crippen LogP) is 1.46. The van der Waals surface area contributed by atoms with Crippen molar-refractivity contribution in [2.24, 2.45) is 0 Å². The zero-order valence-electron chi connectivity index (χ0n) is 15.1. The number of nitrogens with one attached hydrogen (secondary N) is 1. The Morgan fingerprint density at radius 2 is 1.85 bits per heavy atom. The van der Waals surface area contributed by atoms with Gasteiger partial charge in [0.15, 0.2) is 0 Å². The molecule has 1 aromatic rings. The first-order chi connectivity index (χ1) is 12.2. The number of carbonyl (C=O) groups is 2. The van der Waals surface area contributed by atoms with Gasteiger partial charge in [0.2, 0.25) is 10.0 Å². The fourth-order valence-electron chi connectivity index (χ4n) is 3.35. The average molecular weight is 384 g/mol. The first-order valence-corrected chi connectivity index (χ1v) is 9.81. The first kappa shape index (κ1) is 20.2. The Bertz CT molecular complexity index is 799. The van der Waals surface area contributed by atoms with Crippen molar-refractivity contribution in [3.63, 3.8) is 0 Å². The number of carboxylic acids is 1. The molecule has 1 fully saturated rings. The van der Waals surface area contributed by atoms with Gasteiger partial charge < -0.3 is 14.7 Å². The zero-order chi connectivity index (χ0) is 19.5. The summed E-state index contributed by atoms with van der Waals surface area (Å²) in [5, 5.41) is 9.74. The summed E-state index contributed by atoms with van der Waals surface area (Å²) in [5.41, 5.74) is -1.18. The Morgan fingerprint density at radius 3 is 2.35 bits per heavy atom. The predicted molar refractivity (Wildman–Crippen MR) is 94.8 cm³/mol. The summed E-state index contributed by atoms with van der Waals surface area (Å²) < 4.78 is 31.6. The van der Waals surface area contributed by atoms with Crippen LogP contribution in [0, 0.1) is 0 Å². The molecule has 0 radical (unpaired) electrons. The highest BCUT2D eigenvalue weighted by Crippen LogP contribution is 2.35. The molecule has 0 bridgehead atoms. The number of ether oxygens (including phenoxy) is 1. The Balaban J connectivity index is 2.46. The lowest BCUT2D eigenvalue weighted by atomic mass is 9.80. The van der Waals surface area contributed by atoms with Gasteiger partial charge in [-0.05, 0) is 38.1 Å². The van der Waals surface area contributed by atoms with E-state index in [0.717, 1.165) is 19.3 Å². The summed E-state index contributed by atoms with van der Waals surface area (Å²) in [5.74, 6) is -1.47.